The largest absolute Gasteiger partial charge is 0.476 e. The van der Waals surface area contributed by atoms with Gasteiger partial charge in [-0.1, -0.05) is 35.0 Å². The van der Waals surface area contributed by atoms with E-state index >= 15 is 0 Å². The van der Waals surface area contributed by atoms with Crippen molar-refractivity contribution in [3.63, 3.8) is 0 Å². The van der Waals surface area contributed by atoms with Crippen molar-refractivity contribution in [3.8, 4) is 0 Å². The highest BCUT2D eigenvalue weighted by molar-refractivity contribution is 8.01. The number of halogens is 2. The second kappa shape index (κ2) is 10.00. The number of nitrogens with zero attached hydrogens (tertiary/aromatic N) is 3. The molecule has 0 aliphatic carbocycles. The van der Waals surface area contributed by atoms with Crippen LogP contribution in [-0.2, 0) is 9.59 Å². The summed E-state index contributed by atoms with van der Waals surface area (Å²) in [7, 11) is 0. The van der Waals surface area contributed by atoms with E-state index in [-0.39, 0.29) is 23.6 Å². The Morgan fingerprint density at radius 2 is 2.03 bits per heavy atom. The standard InChI is InChI=1S/C19H19Cl2N3O4S2/c1-11(25)24(15-7-12(20)6-13(21)8-15)9-14-2-3-17(26)23(14)4-5-29-19-22-16(10-30-19)18(27)28/h6-8,10,14H,2-5,9H2,1H3,(H,27,28)/t14-/m1/s1. The highest BCUT2D eigenvalue weighted by Crippen LogP contribution is 2.29. The third-order valence-corrected chi connectivity index (χ3v) is 7.08. The predicted octanol–water partition coefficient (Wildman–Crippen LogP) is 4.28. The van der Waals surface area contributed by atoms with Crippen LogP contribution in [0.2, 0.25) is 10.0 Å². The van der Waals surface area contributed by atoms with E-state index in [4.69, 9.17) is 28.3 Å². The average molecular weight is 488 g/mol. The monoisotopic (exact) mass is 487 g/mol. The molecule has 30 heavy (non-hydrogen) atoms. The lowest BCUT2D eigenvalue weighted by molar-refractivity contribution is -0.128. The molecule has 7 nitrogen and oxygen atoms in total. The van der Waals surface area contributed by atoms with E-state index in [1.54, 1.807) is 28.0 Å². The van der Waals surface area contributed by atoms with Gasteiger partial charge in [-0.25, -0.2) is 9.78 Å². The van der Waals surface area contributed by atoms with Crippen molar-refractivity contribution in [2.75, 3.05) is 23.7 Å². The van der Waals surface area contributed by atoms with E-state index in [0.717, 1.165) is 0 Å². The summed E-state index contributed by atoms with van der Waals surface area (Å²) in [4.78, 5) is 43.0. The van der Waals surface area contributed by atoms with Gasteiger partial charge in [0, 0.05) is 53.3 Å². The molecule has 1 saturated heterocycles. The second-order valence-corrected chi connectivity index (χ2v) is 9.76. The Morgan fingerprint density at radius 3 is 2.63 bits per heavy atom. The number of thiazole rings is 1. The van der Waals surface area contributed by atoms with Gasteiger partial charge in [0.2, 0.25) is 11.8 Å². The highest BCUT2D eigenvalue weighted by atomic mass is 35.5. The first kappa shape index (κ1) is 22.9. The predicted molar refractivity (Wildman–Crippen MR) is 119 cm³/mol. The Bertz CT molecular complexity index is 949. The summed E-state index contributed by atoms with van der Waals surface area (Å²) in [5.41, 5.74) is 0.618. The Kier molecular flexibility index (Phi) is 7.62. The second-order valence-electron chi connectivity index (χ2n) is 6.69. The molecule has 0 radical (unpaired) electrons. The fraction of sp³-hybridized carbons (Fsp3) is 0.368. The molecule has 1 fully saturated rings. The number of benzene rings is 1. The lowest BCUT2D eigenvalue weighted by Crippen LogP contribution is -2.44. The molecular formula is C19H19Cl2N3O4S2. The normalized spacial score (nSPS) is 16.2. The summed E-state index contributed by atoms with van der Waals surface area (Å²) in [5.74, 6) is -0.597. The molecule has 2 aromatic rings. The number of anilines is 1. The minimum atomic E-state index is -1.06. The molecule has 2 amide bonds. The highest BCUT2D eigenvalue weighted by Gasteiger charge is 2.33. The van der Waals surface area contributed by atoms with Crippen molar-refractivity contribution in [3.05, 3.63) is 39.3 Å². The number of carboxylic acids is 1. The molecule has 2 heterocycles. The number of rotatable bonds is 8. The summed E-state index contributed by atoms with van der Waals surface area (Å²) in [6.45, 7) is 2.30. The minimum Gasteiger partial charge on any atom is -0.476 e. The van der Waals surface area contributed by atoms with Gasteiger partial charge in [-0.3, -0.25) is 9.59 Å². The summed E-state index contributed by atoms with van der Waals surface area (Å²) in [5, 5.41) is 11.3. The lowest BCUT2D eigenvalue weighted by atomic mass is 10.2. The van der Waals surface area contributed by atoms with Crippen molar-refractivity contribution in [1.82, 2.24) is 9.88 Å². The molecule has 0 saturated carbocycles. The number of aromatic nitrogens is 1. The number of carboxylic acid groups (broad SMARTS) is 1. The third-order valence-electron chi connectivity index (χ3n) is 4.64. The molecule has 11 heteroatoms. The van der Waals surface area contributed by atoms with Gasteiger partial charge in [0.15, 0.2) is 10.0 Å². The molecule has 0 unspecified atom stereocenters. The summed E-state index contributed by atoms with van der Waals surface area (Å²) in [6, 6.07) is 4.83. The van der Waals surface area contributed by atoms with Crippen molar-refractivity contribution < 1.29 is 19.5 Å². The first-order chi connectivity index (χ1) is 14.2. The maximum Gasteiger partial charge on any atom is 0.355 e. The van der Waals surface area contributed by atoms with E-state index in [9.17, 15) is 14.4 Å². The van der Waals surface area contributed by atoms with Gasteiger partial charge in [-0.05, 0) is 24.6 Å². The number of thioether (sulfide) groups is 1. The number of likely N-dealkylation sites (tertiary alicyclic amines) is 1. The quantitative estimate of drug-likeness (QED) is 0.558. The zero-order chi connectivity index (χ0) is 21.8. The summed E-state index contributed by atoms with van der Waals surface area (Å²) >= 11 is 14.8. The van der Waals surface area contributed by atoms with E-state index in [0.29, 0.717) is 51.8 Å². The van der Waals surface area contributed by atoms with Crippen LogP contribution in [0.1, 0.15) is 30.3 Å². The number of hydrogen-bond donors (Lipinski definition) is 1. The molecule has 0 spiro atoms. The minimum absolute atomic E-state index is 0.0231. The molecule has 3 rings (SSSR count). The molecule has 160 valence electrons. The van der Waals surface area contributed by atoms with Crippen LogP contribution in [0.3, 0.4) is 0 Å². The van der Waals surface area contributed by atoms with Crippen LogP contribution >= 0.6 is 46.3 Å². The summed E-state index contributed by atoms with van der Waals surface area (Å²) in [6.07, 6.45) is 1.08. The van der Waals surface area contributed by atoms with Crippen molar-refractivity contribution in [2.24, 2.45) is 0 Å². The number of carbonyl (C=O) groups excluding carboxylic acids is 2. The van der Waals surface area contributed by atoms with E-state index in [1.807, 2.05) is 0 Å². The molecule has 1 atom stereocenters. The van der Waals surface area contributed by atoms with Crippen molar-refractivity contribution in [1.29, 1.82) is 0 Å². The van der Waals surface area contributed by atoms with Crippen LogP contribution in [0.5, 0.6) is 0 Å². The molecule has 1 aromatic carbocycles. The maximum absolute atomic E-state index is 12.4. The van der Waals surface area contributed by atoms with Gasteiger partial charge in [0.25, 0.3) is 0 Å². The van der Waals surface area contributed by atoms with Crippen molar-refractivity contribution >= 4 is 69.8 Å². The topological polar surface area (TPSA) is 90.8 Å². The number of hydrogen-bond acceptors (Lipinski definition) is 6. The van der Waals surface area contributed by atoms with Gasteiger partial charge >= 0.3 is 5.97 Å². The summed E-state index contributed by atoms with van der Waals surface area (Å²) < 4.78 is 0.648. The van der Waals surface area contributed by atoms with Crippen LogP contribution in [0.4, 0.5) is 5.69 Å². The van der Waals surface area contributed by atoms with Gasteiger partial charge < -0.3 is 14.9 Å². The van der Waals surface area contributed by atoms with Crippen LogP contribution in [0.15, 0.2) is 27.9 Å². The van der Waals surface area contributed by atoms with Gasteiger partial charge in [0.1, 0.15) is 0 Å². The average Bonchev–Trinajstić information content (AvgIpc) is 3.26. The molecule has 1 aliphatic rings. The van der Waals surface area contributed by atoms with Crippen LogP contribution < -0.4 is 4.90 Å². The Balaban J connectivity index is 1.65. The Hall–Kier alpha value is -1.81. The number of carbonyl (C=O) groups is 3. The first-order valence-electron chi connectivity index (χ1n) is 9.10. The fourth-order valence-corrected chi connectivity index (χ4v) is 5.59. The van der Waals surface area contributed by atoms with Gasteiger partial charge in [-0.15, -0.1) is 11.3 Å². The molecule has 0 bridgehead atoms. The molecule has 1 aromatic heterocycles. The fourth-order valence-electron chi connectivity index (χ4n) is 3.27. The van der Waals surface area contributed by atoms with E-state index < -0.39 is 5.97 Å². The zero-order valence-electron chi connectivity index (χ0n) is 16.0. The smallest absolute Gasteiger partial charge is 0.355 e. The Labute approximate surface area is 192 Å². The van der Waals surface area contributed by atoms with Crippen LogP contribution in [0.25, 0.3) is 0 Å². The SMILES string of the molecule is CC(=O)N(C[C@H]1CCC(=O)N1CCSc1nc(C(=O)O)cs1)c1cc(Cl)cc(Cl)c1. The van der Waals surface area contributed by atoms with E-state index in [2.05, 4.69) is 4.98 Å². The number of amides is 2. The van der Waals surface area contributed by atoms with Gasteiger partial charge in [0.05, 0.1) is 6.04 Å². The third kappa shape index (κ3) is 5.66. The lowest BCUT2D eigenvalue weighted by Gasteiger charge is -2.30. The first-order valence-corrected chi connectivity index (χ1v) is 11.7. The molecule has 1 aliphatic heterocycles. The van der Waals surface area contributed by atoms with Crippen LogP contribution in [-0.4, -0.2) is 57.7 Å². The van der Waals surface area contributed by atoms with Gasteiger partial charge in [-0.2, -0.15) is 0 Å². The number of aromatic carboxylic acids is 1. The maximum atomic E-state index is 12.4. The van der Waals surface area contributed by atoms with E-state index in [1.165, 1.54) is 35.4 Å². The molecular weight excluding hydrogens is 469 g/mol. The van der Waals surface area contributed by atoms with Crippen molar-refractivity contribution in [2.45, 2.75) is 30.1 Å². The Morgan fingerprint density at radius 1 is 1.33 bits per heavy atom. The molecule has 1 N–H and O–H groups in total. The zero-order valence-corrected chi connectivity index (χ0v) is 19.2. The van der Waals surface area contributed by atoms with Crippen LogP contribution in [0, 0.1) is 0 Å².